The van der Waals surface area contributed by atoms with Gasteiger partial charge >= 0.3 is 5.97 Å². The first-order valence-electron chi connectivity index (χ1n) is 8.88. The fourth-order valence-electron chi connectivity index (χ4n) is 3.42. The summed E-state index contributed by atoms with van der Waals surface area (Å²) in [5.74, 6) is -1.57. The van der Waals surface area contributed by atoms with Gasteiger partial charge in [-0.2, -0.15) is 0 Å². The Morgan fingerprint density at radius 1 is 0.731 bits per heavy atom. The van der Waals surface area contributed by atoms with Crippen molar-refractivity contribution in [3.63, 3.8) is 0 Å². The van der Waals surface area contributed by atoms with E-state index in [0.29, 0.717) is 17.0 Å². The summed E-state index contributed by atoms with van der Waals surface area (Å²) in [5.41, 5.74) is 4.80. The van der Waals surface area contributed by atoms with Gasteiger partial charge in [0.05, 0.1) is 5.56 Å². The molecular formula is C21H19NO4. The standard InChI is InChI=1S/C21H19NO4/c23-19-11-12-20(24)22(19)26-21(25)18-13-16-6-5-14-1-3-15(4-2-14)7-9-17(18)10-8-16/h1-4,8,10,13H,5-7,9,11-12H2. The van der Waals surface area contributed by atoms with E-state index >= 15 is 0 Å². The van der Waals surface area contributed by atoms with Gasteiger partial charge in [-0.1, -0.05) is 36.4 Å². The number of carbonyl (C=O) groups is 3. The molecule has 0 spiro atoms. The van der Waals surface area contributed by atoms with Crippen LogP contribution in [-0.2, 0) is 40.1 Å². The number of hydroxylamine groups is 2. The maximum atomic E-state index is 12.7. The van der Waals surface area contributed by atoms with Gasteiger partial charge in [0.15, 0.2) is 0 Å². The second-order valence-corrected chi connectivity index (χ2v) is 6.77. The van der Waals surface area contributed by atoms with Crippen LogP contribution in [0.5, 0.6) is 0 Å². The fraction of sp³-hybridized carbons (Fsp3) is 0.286. The molecule has 5 heteroatoms. The van der Waals surface area contributed by atoms with Crippen LogP contribution in [0.15, 0.2) is 42.5 Å². The number of benzene rings is 2. The summed E-state index contributed by atoms with van der Waals surface area (Å²) in [6, 6.07) is 14.4. The molecule has 132 valence electrons. The highest BCUT2D eigenvalue weighted by Crippen LogP contribution is 2.21. The summed E-state index contributed by atoms with van der Waals surface area (Å²) >= 11 is 0. The molecule has 0 radical (unpaired) electrons. The van der Waals surface area contributed by atoms with Crippen LogP contribution in [0, 0.1) is 0 Å². The minimum Gasteiger partial charge on any atom is -0.325 e. The van der Waals surface area contributed by atoms with Gasteiger partial charge in [-0.25, -0.2) is 4.79 Å². The normalized spacial score (nSPS) is 16.5. The Morgan fingerprint density at radius 2 is 1.27 bits per heavy atom. The summed E-state index contributed by atoms with van der Waals surface area (Å²) in [6.45, 7) is 0. The maximum absolute atomic E-state index is 12.7. The van der Waals surface area contributed by atoms with Gasteiger partial charge in [-0.15, -0.1) is 5.06 Å². The summed E-state index contributed by atoms with van der Waals surface area (Å²) in [6.07, 6.45) is 3.37. The van der Waals surface area contributed by atoms with Crippen molar-refractivity contribution in [1.29, 1.82) is 0 Å². The number of rotatable bonds is 2. The van der Waals surface area contributed by atoms with Crippen LogP contribution in [0.4, 0.5) is 0 Å². The predicted molar refractivity (Wildman–Crippen MR) is 94.2 cm³/mol. The molecule has 0 atom stereocenters. The van der Waals surface area contributed by atoms with E-state index < -0.39 is 17.8 Å². The third-order valence-electron chi connectivity index (χ3n) is 4.98. The largest absolute Gasteiger partial charge is 0.364 e. The number of imide groups is 1. The Labute approximate surface area is 151 Å². The number of hydrogen-bond acceptors (Lipinski definition) is 4. The number of carbonyl (C=O) groups excluding carboxylic acids is 3. The molecule has 0 aromatic heterocycles. The highest BCUT2D eigenvalue weighted by atomic mass is 16.7. The van der Waals surface area contributed by atoms with E-state index in [-0.39, 0.29) is 12.8 Å². The van der Waals surface area contributed by atoms with Crippen molar-refractivity contribution < 1.29 is 19.2 Å². The van der Waals surface area contributed by atoms with Crippen LogP contribution in [0.25, 0.3) is 0 Å². The second kappa shape index (κ2) is 6.75. The van der Waals surface area contributed by atoms with Gasteiger partial charge in [0.1, 0.15) is 0 Å². The average Bonchev–Trinajstić information content (AvgIpc) is 2.96. The highest BCUT2D eigenvalue weighted by molar-refractivity contribution is 6.03. The summed E-state index contributed by atoms with van der Waals surface area (Å²) in [4.78, 5) is 41.2. The maximum Gasteiger partial charge on any atom is 0.364 e. The Bertz CT molecular complexity index is 869. The molecular weight excluding hydrogens is 330 g/mol. The average molecular weight is 349 g/mol. The molecule has 2 amide bonds. The lowest BCUT2D eigenvalue weighted by atomic mass is 9.93. The first kappa shape index (κ1) is 16.5. The fourth-order valence-corrected chi connectivity index (χ4v) is 3.42. The molecule has 4 bridgehead atoms. The Morgan fingerprint density at radius 3 is 1.92 bits per heavy atom. The molecule has 26 heavy (non-hydrogen) atoms. The molecule has 0 N–H and O–H groups in total. The number of amides is 2. The molecule has 5 aliphatic rings. The summed E-state index contributed by atoms with van der Waals surface area (Å²) in [7, 11) is 0. The summed E-state index contributed by atoms with van der Waals surface area (Å²) < 4.78 is 0. The van der Waals surface area contributed by atoms with Crippen LogP contribution in [-0.4, -0.2) is 22.8 Å². The number of aryl methyl sites for hydroxylation is 4. The van der Waals surface area contributed by atoms with E-state index in [9.17, 15) is 14.4 Å². The first-order chi connectivity index (χ1) is 12.6. The van der Waals surface area contributed by atoms with E-state index in [1.807, 2.05) is 18.2 Å². The third kappa shape index (κ3) is 3.25. The van der Waals surface area contributed by atoms with Crippen LogP contribution >= 0.6 is 0 Å². The molecule has 5 nitrogen and oxygen atoms in total. The van der Waals surface area contributed by atoms with Gasteiger partial charge in [0.25, 0.3) is 11.8 Å². The smallest absolute Gasteiger partial charge is 0.325 e. The highest BCUT2D eigenvalue weighted by Gasteiger charge is 2.33. The molecule has 0 saturated carbocycles. The second-order valence-electron chi connectivity index (χ2n) is 6.77. The third-order valence-corrected chi connectivity index (χ3v) is 4.98. The monoisotopic (exact) mass is 349 g/mol. The predicted octanol–water partition coefficient (Wildman–Crippen LogP) is 2.79. The SMILES string of the molecule is O=C(ON1C(=O)CCC1=O)c1cc2ccc1CCc1ccc(cc1)CC2. The molecule has 1 heterocycles. The molecule has 7 rings (SSSR count). The van der Waals surface area contributed by atoms with Crippen LogP contribution in [0.1, 0.15) is 45.5 Å². The van der Waals surface area contributed by atoms with Crippen molar-refractivity contribution in [1.82, 2.24) is 5.06 Å². The van der Waals surface area contributed by atoms with E-state index in [4.69, 9.17) is 4.84 Å². The quantitative estimate of drug-likeness (QED) is 0.782. The first-order valence-corrected chi connectivity index (χ1v) is 8.88. The van der Waals surface area contributed by atoms with Gasteiger partial charge in [-0.05, 0) is 54.0 Å². The lowest BCUT2D eigenvalue weighted by Crippen LogP contribution is -2.32. The molecule has 4 aliphatic carbocycles. The minimum atomic E-state index is -0.642. The van der Waals surface area contributed by atoms with E-state index in [0.717, 1.165) is 30.4 Å². The number of nitrogens with zero attached hydrogens (tertiary/aromatic N) is 1. The van der Waals surface area contributed by atoms with Crippen molar-refractivity contribution in [3.05, 3.63) is 70.3 Å². The zero-order valence-corrected chi connectivity index (χ0v) is 14.4. The summed E-state index contributed by atoms with van der Waals surface area (Å²) in [5, 5.41) is 0.611. The Hall–Kier alpha value is -2.95. The molecule has 1 saturated heterocycles. The van der Waals surface area contributed by atoms with Crippen molar-refractivity contribution in [2.75, 3.05) is 0 Å². The molecule has 1 aliphatic heterocycles. The van der Waals surface area contributed by atoms with E-state index in [1.54, 1.807) is 0 Å². The zero-order chi connectivity index (χ0) is 18.1. The minimum absolute atomic E-state index is 0.0919. The van der Waals surface area contributed by atoms with Gasteiger partial charge in [0.2, 0.25) is 0 Å². The Balaban J connectivity index is 1.63. The molecule has 1 fully saturated rings. The lowest BCUT2D eigenvalue weighted by Gasteiger charge is -2.16. The van der Waals surface area contributed by atoms with Crippen molar-refractivity contribution in [3.8, 4) is 0 Å². The van der Waals surface area contributed by atoms with Gasteiger partial charge < -0.3 is 4.84 Å². The number of hydrogen-bond donors (Lipinski definition) is 0. The van der Waals surface area contributed by atoms with Crippen LogP contribution < -0.4 is 0 Å². The van der Waals surface area contributed by atoms with Crippen molar-refractivity contribution in [2.45, 2.75) is 38.5 Å². The lowest BCUT2D eigenvalue weighted by molar-refractivity contribution is -0.172. The van der Waals surface area contributed by atoms with Gasteiger partial charge in [0, 0.05) is 12.8 Å². The van der Waals surface area contributed by atoms with Crippen molar-refractivity contribution in [2.24, 2.45) is 0 Å². The van der Waals surface area contributed by atoms with Gasteiger partial charge in [-0.3, -0.25) is 9.59 Å². The molecule has 2 aromatic rings. The zero-order valence-electron chi connectivity index (χ0n) is 14.4. The van der Waals surface area contributed by atoms with Crippen LogP contribution in [0.2, 0.25) is 0 Å². The topological polar surface area (TPSA) is 63.7 Å². The molecule has 0 unspecified atom stereocenters. The Kier molecular flexibility index (Phi) is 4.29. The van der Waals surface area contributed by atoms with Crippen LogP contribution in [0.3, 0.4) is 0 Å². The van der Waals surface area contributed by atoms with E-state index in [1.165, 1.54) is 11.1 Å². The van der Waals surface area contributed by atoms with E-state index in [2.05, 4.69) is 24.3 Å². The molecule has 2 aromatic carbocycles. The van der Waals surface area contributed by atoms with Crippen molar-refractivity contribution >= 4 is 17.8 Å².